The summed E-state index contributed by atoms with van der Waals surface area (Å²) < 4.78 is 0. The number of carbonyl (C=O) groups excluding carboxylic acids is 2. The van der Waals surface area contributed by atoms with E-state index in [1.807, 2.05) is 65.6 Å². The van der Waals surface area contributed by atoms with Gasteiger partial charge in [-0.3, -0.25) is 14.5 Å². The van der Waals surface area contributed by atoms with Crippen LogP contribution in [-0.4, -0.2) is 60.9 Å². The minimum atomic E-state index is -0.126. The molecule has 0 unspecified atom stereocenters. The number of piperazine rings is 1. The van der Waals surface area contributed by atoms with E-state index < -0.39 is 0 Å². The number of benzene rings is 3. The summed E-state index contributed by atoms with van der Waals surface area (Å²) in [6, 6.07) is 24.2. The van der Waals surface area contributed by atoms with Gasteiger partial charge in [0.25, 0.3) is 0 Å². The van der Waals surface area contributed by atoms with Crippen LogP contribution in [0, 0.1) is 0 Å². The second-order valence-electron chi connectivity index (χ2n) is 8.09. The van der Waals surface area contributed by atoms with Crippen molar-refractivity contribution in [2.75, 3.05) is 39.3 Å². The molecule has 0 saturated carbocycles. The first-order valence-electron chi connectivity index (χ1n) is 11.1. The molecule has 1 heterocycles. The van der Waals surface area contributed by atoms with Crippen LogP contribution in [0.25, 0.3) is 16.8 Å². The third-order valence-corrected chi connectivity index (χ3v) is 5.87. The van der Waals surface area contributed by atoms with E-state index in [1.165, 1.54) is 5.56 Å². The summed E-state index contributed by atoms with van der Waals surface area (Å²) >= 11 is 0. The van der Waals surface area contributed by atoms with E-state index in [0.29, 0.717) is 13.1 Å². The van der Waals surface area contributed by atoms with Crippen LogP contribution < -0.4 is 5.32 Å². The molecule has 0 spiro atoms. The molecular formula is C27H29N3O2. The van der Waals surface area contributed by atoms with Gasteiger partial charge < -0.3 is 10.2 Å². The maximum atomic E-state index is 12.6. The number of rotatable bonds is 7. The van der Waals surface area contributed by atoms with Crippen molar-refractivity contribution in [3.63, 3.8) is 0 Å². The summed E-state index contributed by atoms with van der Waals surface area (Å²) in [7, 11) is 0. The molecule has 0 atom stereocenters. The van der Waals surface area contributed by atoms with Gasteiger partial charge in [0.15, 0.2) is 0 Å². The second kappa shape index (κ2) is 10.7. The largest absolute Gasteiger partial charge is 0.347 e. The van der Waals surface area contributed by atoms with Gasteiger partial charge in [-0.15, -0.1) is 0 Å². The van der Waals surface area contributed by atoms with Crippen molar-refractivity contribution in [1.29, 1.82) is 0 Å². The Morgan fingerprint density at radius 1 is 0.844 bits per heavy atom. The highest BCUT2D eigenvalue weighted by molar-refractivity contribution is 5.91. The fourth-order valence-corrected chi connectivity index (χ4v) is 4.05. The number of amides is 2. The third kappa shape index (κ3) is 5.83. The van der Waals surface area contributed by atoms with Crippen molar-refractivity contribution in [3.05, 3.63) is 90.0 Å². The number of hydrogen-bond donors (Lipinski definition) is 1. The monoisotopic (exact) mass is 427 g/mol. The molecule has 1 saturated heterocycles. The highest BCUT2D eigenvalue weighted by Gasteiger charge is 2.20. The van der Waals surface area contributed by atoms with E-state index >= 15 is 0 Å². The van der Waals surface area contributed by atoms with Gasteiger partial charge in [0, 0.05) is 32.7 Å². The van der Waals surface area contributed by atoms with E-state index in [-0.39, 0.29) is 24.8 Å². The average molecular weight is 428 g/mol. The lowest BCUT2D eigenvalue weighted by Crippen LogP contribution is -2.51. The van der Waals surface area contributed by atoms with Crippen molar-refractivity contribution in [2.45, 2.75) is 6.42 Å². The standard InChI is InChI=1S/C27H29N3O2/c31-26(20-24-13-6-12-23-11-4-5-14-25(23)24)28-21-27(32)30-18-16-29(17-19-30)15-7-10-22-8-2-1-3-9-22/h1-14H,15-21H2,(H,28,31). The molecule has 1 N–H and O–H groups in total. The molecule has 5 heteroatoms. The van der Waals surface area contributed by atoms with Gasteiger partial charge in [0.05, 0.1) is 13.0 Å². The van der Waals surface area contributed by atoms with Gasteiger partial charge in [-0.1, -0.05) is 84.9 Å². The molecule has 5 nitrogen and oxygen atoms in total. The van der Waals surface area contributed by atoms with Crippen molar-refractivity contribution in [2.24, 2.45) is 0 Å². The minimum Gasteiger partial charge on any atom is -0.347 e. The molecule has 4 rings (SSSR count). The predicted molar refractivity (Wildman–Crippen MR) is 129 cm³/mol. The number of hydrogen-bond acceptors (Lipinski definition) is 3. The van der Waals surface area contributed by atoms with Gasteiger partial charge in [-0.05, 0) is 21.9 Å². The first kappa shape index (κ1) is 21.8. The van der Waals surface area contributed by atoms with Crippen LogP contribution in [-0.2, 0) is 16.0 Å². The van der Waals surface area contributed by atoms with Gasteiger partial charge in [0.1, 0.15) is 0 Å². The average Bonchev–Trinajstić information content (AvgIpc) is 2.84. The van der Waals surface area contributed by atoms with Crippen molar-refractivity contribution in [3.8, 4) is 0 Å². The highest BCUT2D eigenvalue weighted by atomic mass is 16.2. The molecule has 1 aliphatic rings. The SMILES string of the molecule is O=C(Cc1cccc2ccccc12)NCC(=O)N1CCN(CC=Cc2ccccc2)CC1. The fourth-order valence-electron chi connectivity index (χ4n) is 4.05. The van der Waals surface area contributed by atoms with E-state index in [2.05, 4.69) is 34.5 Å². The number of nitrogens with one attached hydrogen (secondary N) is 1. The summed E-state index contributed by atoms with van der Waals surface area (Å²) in [5, 5.41) is 5.00. The molecule has 0 aromatic heterocycles. The van der Waals surface area contributed by atoms with Crippen molar-refractivity contribution >= 4 is 28.7 Å². The quantitative estimate of drug-likeness (QED) is 0.629. The fraction of sp³-hybridized carbons (Fsp3) is 0.259. The Bertz CT molecular complexity index is 1080. The summed E-state index contributed by atoms with van der Waals surface area (Å²) in [5.74, 6) is -0.143. The zero-order chi connectivity index (χ0) is 22.2. The van der Waals surface area contributed by atoms with Crippen molar-refractivity contribution in [1.82, 2.24) is 15.1 Å². The molecule has 164 valence electrons. The topological polar surface area (TPSA) is 52.7 Å². The molecule has 1 fully saturated rings. The van der Waals surface area contributed by atoms with Crippen LogP contribution in [0.2, 0.25) is 0 Å². The molecule has 0 radical (unpaired) electrons. The minimum absolute atomic E-state index is 0.0178. The summed E-state index contributed by atoms with van der Waals surface area (Å²) in [5.41, 5.74) is 2.17. The van der Waals surface area contributed by atoms with E-state index in [0.717, 1.165) is 36.0 Å². The normalized spacial score (nSPS) is 14.7. The lowest BCUT2D eigenvalue weighted by atomic mass is 10.0. The van der Waals surface area contributed by atoms with Crippen LogP contribution >= 0.6 is 0 Å². The van der Waals surface area contributed by atoms with Gasteiger partial charge in [0.2, 0.25) is 11.8 Å². The molecule has 3 aromatic rings. The molecule has 32 heavy (non-hydrogen) atoms. The van der Waals surface area contributed by atoms with Crippen LogP contribution in [0.1, 0.15) is 11.1 Å². The Labute approximate surface area is 189 Å². The maximum Gasteiger partial charge on any atom is 0.242 e. The van der Waals surface area contributed by atoms with Gasteiger partial charge >= 0.3 is 0 Å². The smallest absolute Gasteiger partial charge is 0.242 e. The van der Waals surface area contributed by atoms with Gasteiger partial charge in [-0.25, -0.2) is 0 Å². The zero-order valence-corrected chi connectivity index (χ0v) is 18.2. The van der Waals surface area contributed by atoms with Crippen molar-refractivity contribution < 1.29 is 9.59 Å². The van der Waals surface area contributed by atoms with Gasteiger partial charge in [-0.2, -0.15) is 0 Å². The molecule has 2 amide bonds. The number of nitrogens with zero attached hydrogens (tertiary/aromatic N) is 2. The predicted octanol–water partition coefficient (Wildman–Crippen LogP) is 3.36. The summed E-state index contributed by atoms with van der Waals surface area (Å²) in [4.78, 5) is 29.2. The van der Waals surface area contributed by atoms with E-state index in [1.54, 1.807) is 0 Å². The van der Waals surface area contributed by atoms with E-state index in [9.17, 15) is 9.59 Å². The number of carbonyl (C=O) groups is 2. The van der Waals surface area contributed by atoms with Crippen LogP contribution in [0.15, 0.2) is 78.9 Å². The molecule has 1 aliphatic heterocycles. The molecule has 0 aliphatic carbocycles. The Balaban J connectivity index is 1.19. The molecule has 3 aromatic carbocycles. The molecular weight excluding hydrogens is 398 g/mol. The van der Waals surface area contributed by atoms with Crippen LogP contribution in [0.3, 0.4) is 0 Å². The Morgan fingerprint density at radius 3 is 2.38 bits per heavy atom. The summed E-state index contributed by atoms with van der Waals surface area (Å²) in [6.45, 7) is 3.99. The second-order valence-corrected chi connectivity index (χ2v) is 8.09. The Morgan fingerprint density at radius 2 is 1.56 bits per heavy atom. The first-order chi connectivity index (χ1) is 15.7. The van der Waals surface area contributed by atoms with E-state index in [4.69, 9.17) is 0 Å². The zero-order valence-electron chi connectivity index (χ0n) is 18.2. The van der Waals surface area contributed by atoms with Crippen LogP contribution in [0.4, 0.5) is 0 Å². The Hall–Kier alpha value is -3.44. The lowest BCUT2D eigenvalue weighted by Gasteiger charge is -2.34. The Kier molecular flexibility index (Phi) is 7.31. The molecule has 0 bridgehead atoms. The number of fused-ring (bicyclic) bond motifs is 1. The third-order valence-electron chi connectivity index (χ3n) is 5.87. The maximum absolute atomic E-state index is 12.6. The highest BCUT2D eigenvalue weighted by Crippen LogP contribution is 2.18. The summed E-state index contributed by atoms with van der Waals surface area (Å²) in [6.07, 6.45) is 4.57. The lowest BCUT2D eigenvalue weighted by molar-refractivity contribution is -0.134. The first-order valence-corrected chi connectivity index (χ1v) is 11.1. The van der Waals surface area contributed by atoms with Crippen LogP contribution in [0.5, 0.6) is 0 Å².